The second-order valence-electron chi connectivity index (χ2n) is 3.22. The molecule has 0 saturated heterocycles. The first-order valence-electron chi connectivity index (χ1n) is 4.89. The molecule has 5 heteroatoms. The van der Waals surface area contributed by atoms with E-state index >= 15 is 0 Å². The summed E-state index contributed by atoms with van der Waals surface area (Å²) in [4.78, 5) is 10.9. The Kier molecular flexibility index (Phi) is 4.25. The number of hydrogen-bond donors (Lipinski definition) is 2. The van der Waals surface area contributed by atoms with Gasteiger partial charge in [-0.1, -0.05) is 13.0 Å². The lowest BCUT2D eigenvalue weighted by Gasteiger charge is -2.14. The maximum Gasteiger partial charge on any atom is 0.325 e. The van der Waals surface area contributed by atoms with Gasteiger partial charge in [-0.2, -0.15) is 0 Å². The summed E-state index contributed by atoms with van der Waals surface area (Å²) in [7, 11) is 1.36. The smallest absolute Gasteiger partial charge is 0.325 e. The van der Waals surface area contributed by atoms with Gasteiger partial charge in [0.25, 0.3) is 0 Å². The molecule has 0 amide bonds. The van der Waals surface area contributed by atoms with E-state index in [1.165, 1.54) is 25.3 Å². The van der Waals surface area contributed by atoms with Crippen molar-refractivity contribution < 1.29 is 19.0 Å². The van der Waals surface area contributed by atoms with E-state index < -0.39 is 17.8 Å². The summed E-state index contributed by atoms with van der Waals surface area (Å²) in [5, 5.41) is 11.7. The zero-order valence-corrected chi connectivity index (χ0v) is 9.16. The van der Waals surface area contributed by atoms with Crippen LogP contribution in [0.25, 0.3) is 0 Å². The summed E-state index contributed by atoms with van der Waals surface area (Å²) >= 11 is 0. The number of halogens is 1. The van der Waals surface area contributed by atoms with Crippen LogP contribution < -0.4 is 10.1 Å². The summed E-state index contributed by atoms with van der Waals surface area (Å²) in [5.41, 5.74) is 0.368. The Hall–Kier alpha value is -1.62. The highest BCUT2D eigenvalue weighted by atomic mass is 19.1. The molecule has 16 heavy (non-hydrogen) atoms. The van der Waals surface area contributed by atoms with Crippen LogP contribution in [0.5, 0.6) is 5.75 Å². The van der Waals surface area contributed by atoms with Gasteiger partial charge in [-0.25, -0.2) is 4.39 Å². The first-order chi connectivity index (χ1) is 7.60. The van der Waals surface area contributed by atoms with Crippen LogP contribution in [0.3, 0.4) is 0 Å². The molecule has 1 rings (SSSR count). The molecule has 1 unspecified atom stereocenters. The molecule has 0 spiro atoms. The van der Waals surface area contributed by atoms with Crippen molar-refractivity contribution in [2.45, 2.75) is 13.0 Å². The number of benzene rings is 1. The van der Waals surface area contributed by atoms with Gasteiger partial charge in [0.05, 0.1) is 7.11 Å². The molecule has 0 bridgehead atoms. The minimum Gasteiger partial charge on any atom is -0.494 e. The van der Waals surface area contributed by atoms with Crippen LogP contribution in [0.15, 0.2) is 18.2 Å². The molecule has 0 saturated carbocycles. The zero-order chi connectivity index (χ0) is 12.1. The van der Waals surface area contributed by atoms with Gasteiger partial charge >= 0.3 is 5.97 Å². The maximum absolute atomic E-state index is 13.4. The fourth-order valence-corrected chi connectivity index (χ4v) is 1.41. The monoisotopic (exact) mass is 227 g/mol. The topological polar surface area (TPSA) is 58.6 Å². The van der Waals surface area contributed by atoms with Crippen molar-refractivity contribution in [3.63, 3.8) is 0 Å². The minimum atomic E-state index is -1.04. The molecule has 0 aliphatic heterocycles. The summed E-state index contributed by atoms with van der Waals surface area (Å²) < 4.78 is 18.1. The Balaban J connectivity index is 3.01. The third-order valence-electron chi connectivity index (χ3n) is 2.16. The van der Waals surface area contributed by atoms with E-state index in [9.17, 15) is 9.18 Å². The van der Waals surface area contributed by atoms with E-state index in [0.717, 1.165) is 0 Å². The lowest BCUT2D eigenvalue weighted by atomic mass is 10.1. The van der Waals surface area contributed by atoms with Crippen molar-refractivity contribution in [2.75, 3.05) is 13.7 Å². The lowest BCUT2D eigenvalue weighted by molar-refractivity contribution is -0.139. The van der Waals surface area contributed by atoms with Gasteiger partial charge in [0, 0.05) is 0 Å². The Morgan fingerprint density at radius 2 is 2.31 bits per heavy atom. The molecule has 4 nitrogen and oxygen atoms in total. The van der Waals surface area contributed by atoms with Crippen LogP contribution in [0.4, 0.5) is 4.39 Å². The van der Waals surface area contributed by atoms with Crippen LogP contribution in [0.1, 0.15) is 18.5 Å². The van der Waals surface area contributed by atoms with Crippen LogP contribution in [-0.4, -0.2) is 24.7 Å². The van der Waals surface area contributed by atoms with E-state index in [-0.39, 0.29) is 5.75 Å². The lowest BCUT2D eigenvalue weighted by Crippen LogP contribution is -2.28. The SMILES string of the molecule is CCNC(C(=O)O)c1ccc(OC)c(F)c1. The molecule has 0 aromatic heterocycles. The molecule has 0 fully saturated rings. The average molecular weight is 227 g/mol. The van der Waals surface area contributed by atoms with E-state index in [2.05, 4.69) is 5.32 Å². The Morgan fingerprint density at radius 3 is 2.75 bits per heavy atom. The second kappa shape index (κ2) is 5.46. The average Bonchev–Trinajstić information content (AvgIpc) is 2.25. The van der Waals surface area contributed by atoms with Gasteiger partial charge in [-0.15, -0.1) is 0 Å². The van der Waals surface area contributed by atoms with Crippen LogP contribution in [0, 0.1) is 5.82 Å². The van der Waals surface area contributed by atoms with Gasteiger partial charge in [0.2, 0.25) is 0 Å². The van der Waals surface area contributed by atoms with Crippen molar-refractivity contribution in [3.8, 4) is 5.75 Å². The molecular weight excluding hydrogens is 213 g/mol. The number of carboxylic acid groups (broad SMARTS) is 1. The Labute approximate surface area is 93.0 Å². The number of carboxylic acids is 1. The van der Waals surface area contributed by atoms with Crippen LogP contribution >= 0.6 is 0 Å². The van der Waals surface area contributed by atoms with E-state index in [1.807, 2.05) is 0 Å². The number of carbonyl (C=O) groups is 1. The van der Waals surface area contributed by atoms with Crippen molar-refractivity contribution in [3.05, 3.63) is 29.6 Å². The molecule has 0 heterocycles. The molecule has 0 aliphatic carbocycles. The molecule has 1 aromatic rings. The number of likely N-dealkylation sites (N-methyl/N-ethyl adjacent to an activating group) is 1. The van der Waals surface area contributed by atoms with Gasteiger partial charge in [0.1, 0.15) is 6.04 Å². The number of ether oxygens (including phenoxy) is 1. The first kappa shape index (κ1) is 12.4. The third-order valence-corrected chi connectivity index (χ3v) is 2.16. The molecule has 0 radical (unpaired) electrons. The summed E-state index contributed by atoms with van der Waals surface area (Å²) in [6.45, 7) is 2.28. The van der Waals surface area contributed by atoms with Gasteiger partial charge in [0.15, 0.2) is 11.6 Å². The second-order valence-corrected chi connectivity index (χ2v) is 3.22. The fourth-order valence-electron chi connectivity index (χ4n) is 1.41. The quantitative estimate of drug-likeness (QED) is 0.801. The maximum atomic E-state index is 13.4. The third kappa shape index (κ3) is 2.70. The van der Waals surface area contributed by atoms with E-state index in [4.69, 9.17) is 9.84 Å². The number of rotatable bonds is 5. The highest BCUT2D eigenvalue weighted by Crippen LogP contribution is 2.21. The fraction of sp³-hybridized carbons (Fsp3) is 0.364. The first-order valence-corrected chi connectivity index (χ1v) is 4.89. The molecule has 1 aromatic carbocycles. The van der Waals surface area contributed by atoms with Crippen molar-refractivity contribution >= 4 is 5.97 Å². The van der Waals surface area contributed by atoms with Crippen LogP contribution in [-0.2, 0) is 4.79 Å². The molecule has 1 atom stereocenters. The van der Waals surface area contributed by atoms with Gasteiger partial charge < -0.3 is 15.2 Å². The number of nitrogens with one attached hydrogen (secondary N) is 1. The van der Waals surface area contributed by atoms with Crippen LogP contribution in [0.2, 0.25) is 0 Å². The number of aliphatic carboxylic acids is 1. The highest BCUT2D eigenvalue weighted by Gasteiger charge is 2.19. The predicted octanol–water partition coefficient (Wildman–Crippen LogP) is 1.57. The van der Waals surface area contributed by atoms with E-state index in [0.29, 0.717) is 12.1 Å². The summed E-state index contributed by atoms with van der Waals surface area (Å²) in [6, 6.07) is 3.21. The highest BCUT2D eigenvalue weighted by molar-refractivity contribution is 5.75. The normalized spacial score (nSPS) is 12.2. The Morgan fingerprint density at radius 1 is 1.62 bits per heavy atom. The van der Waals surface area contributed by atoms with Crippen molar-refractivity contribution in [2.24, 2.45) is 0 Å². The van der Waals surface area contributed by atoms with Crippen molar-refractivity contribution in [1.29, 1.82) is 0 Å². The number of methoxy groups -OCH3 is 1. The molecule has 0 aliphatic rings. The number of hydrogen-bond acceptors (Lipinski definition) is 3. The van der Waals surface area contributed by atoms with Gasteiger partial charge in [-0.05, 0) is 24.2 Å². The largest absolute Gasteiger partial charge is 0.494 e. The minimum absolute atomic E-state index is 0.101. The molecular formula is C11H14FNO3. The summed E-state index contributed by atoms with van der Waals surface area (Å²) in [5.74, 6) is -1.50. The molecule has 88 valence electrons. The standard InChI is InChI=1S/C11H14FNO3/c1-3-13-10(11(14)15)7-4-5-9(16-2)8(12)6-7/h4-6,10,13H,3H2,1-2H3,(H,14,15). The Bertz CT molecular complexity index is 381. The molecule has 2 N–H and O–H groups in total. The van der Waals surface area contributed by atoms with Crippen molar-refractivity contribution in [1.82, 2.24) is 5.32 Å². The van der Waals surface area contributed by atoms with E-state index in [1.54, 1.807) is 6.92 Å². The zero-order valence-electron chi connectivity index (χ0n) is 9.16. The summed E-state index contributed by atoms with van der Waals surface area (Å²) in [6.07, 6.45) is 0. The predicted molar refractivity (Wildman–Crippen MR) is 57.0 cm³/mol. The van der Waals surface area contributed by atoms with Gasteiger partial charge in [-0.3, -0.25) is 4.79 Å².